The van der Waals surface area contributed by atoms with Crippen molar-refractivity contribution in [2.75, 3.05) is 19.6 Å². The summed E-state index contributed by atoms with van der Waals surface area (Å²) in [5.74, 6) is 0.887. The van der Waals surface area contributed by atoms with Crippen molar-refractivity contribution in [2.45, 2.75) is 40.2 Å². The van der Waals surface area contributed by atoms with Crippen LogP contribution in [0.5, 0.6) is 0 Å². The lowest BCUT2D eigenvalue weighted by Crippen LogP contribution is -2.35. The molecular formula is C15H24N2O. The zero-order chi connectivity index (χ0) is 13.1. The van der Waals surface area contributed by atoms with E-state index in [4.69, 9.17) is 0 Å². The summed E-state index contributed by atoms with van der Waals surface area (Å²) in [7, 11) is 0. The monoisotopic (exact) mass is 248 g/mol. The van der Waals surface area contributed by atoms with Crippen LogP contribution in [-0.4, -0.2) is 35.4 Å². The van der Waals surface area contributed by atoms with Gasteiger partial charge in [-0.25, -0.2) is 0 Å². The number of aryl methyl sites for hydroxylation is 1. The van der Waals surface area contributed by atoms with Crippen molar-refractivity contribution in [3.63, 3.8) is 0 Å². The summed E-state index contributed by atoms with van der Waals surface area (Å²) in [6.45, 7) is 11.0. The summed E-state index contributed by atoms with van der Waals surface area (Å²) in [6, 6.07) is 1.99. The molecule has 1 aromatic heterocycles. The first-order chi connectivity index (χ1) is 8.61. The van der Waals surface area contributed by atoms with Gasteiger partial charge in [0.25, 0.3) is 0 Å². The number of nitrogens with zero attached hydrogens (tertiary/aromatic N) is 2. The maximum atomic E-state index is 10.9. The molecular weight excluding hydrogens is 224 g/mol. The zero-order valence-electron chi connectivity index (χ0n) is 11.8. The molecule has 0 unspecified atom stereocenters. The van der Waals surface area contributed by atoms with Crippen molar-refractivity contribution in [1.82, 2.24) is 9.47 Å². The fraction of sp³-hybridized carbons (Fsp3) is 0.667. The van der Waals surface area contributed by atoms with Gasteiger partial charge in [-0.3, -0.25) is 4.79 Å². The van der Waals surface area contributed by atoms with E-state index >= 15 is 0 Å². The molecule has 1 aliphatic rings. The minimum atomic E-state index is 0.833. The van der Waals surface area contributed by atoms with E-state index in [1.54, 1.807) is 0 Å². The lowest BCUT2D eigenvalue weighted by Gasteiger charge is -2.30. The van der Waals surface area contributed by atoms with Crippen molar-refractivity contribution in [1.29, 1.82) is 0 Å². The van der Waals surface area contributed by atoms with Crippen LogP contribution in [0.4, 0.5) is 0 Å². The van der Waals surface area contributed by atoms with Crippen molar-refractivity contribution >= 4 is 6.29 Å². The Bertz CT molecular complexity index is 414. The third kappa shape index (κ3) is 2.83. The number of aromatic nitrogens is 1. The molecule has 1 aromatic rings. The molecule has 0 saturated carbocycles. The lowest BCUT2D eigenvalue weighted by molar-refractivity contribution is 0.112. The first-order valence-electron chi connectivity index (χ1n) is 6.96. The number of hydrogen-bond donors (Lipinski definition) is 0. The second kappa shape index (κ2) is 5.70. The quantitative estimate of drug-likeness (QED) is 0.765. The van der Waals surface area contributed by atoms with Gasteiger partial charge in [-0.1, -0.05) is 6.92 Å². The topological polar surface area (TPSA) is 25.2 Å². The Morgan fingerprint density at radius 3 is 2.50 bits per heavy atom. The van der Waals surface area contributed by atoms with Gasteiger partial charge >= 0.3 is 0 Å². The van der Waals surface area contributed by atoms with E-state index in [9.17, 15) is 4.79 Å². The normalized spacial score (nSPS) is 18.2. The average molecular weight is 248 g/mol. The number of carbonyl (C=O) groups excluding carboxylic acids is 1. The number of carbonyl (C=O) groups is 1. The molecule has 0 aliphatic carbocycles. The Morgan fingerprint density at radius 2 is 1.94 bits per heavy atom. The fourth-order valence-corrected chi connectivity index (χ4v) is 2.82. The van der Waals surface area contributed by atoms with Gasteiger partial charge in [0.2, 0.25) is 0 Å². The van der Waals surface area contributed by atoms with Crippen molar-refractivity contribution in [3.8, 4) is 0 Å². The summed E-state index contributed by atoms with van der Waals surface area (Å²) in [5.41, 5.74) is 3.13. The van der Waals surface area contributed by atoms with Crippen LogP contribution in [0.25, 0.3) is 0 Å². The number of aldehydes is 1. The molecule has 1 saturated heterocycles. The molecule has 0 amide bonds. The van der Waals surface area contributed by atoms with Crippen LogP contribution in [0.15, 0.2) is 6.07 Å². The minimum absolute atomic E-state index is 0.833. The number of piperidine rings is 1. The molecule has 0 N–H and O–H groups in total. The SMILES string of the molecule is Cc1cc(C=O)c(C)n1CCN1CCC(C)CC1. The maximum Gasteiger partial charge on any atom is 0.151 e. The second-order valence-electron chi connectivity index (χ2n) is 5.62. The summed E-state index contributed by atoms with van der Waals surface area (Å²) in [5, 5.41) is 0. The van der Waals surface area contributed by atoms with Crippen molar-refractivity contribution < 1.29 is 4.79 Å². The van der Waals surface area contributed by atoms with Gasteiger partial charge in [-0.2, -0.15) is 0 Å². The standard InChI is InChI=1S/C15H24N2O/c1-12-4-6-16(7-5-12)8-9-17-13(2)10-15(11-18)14(17)3/h10-12H,4-9H2,1-3H3. The van der Waals surface area contributed by atoms with Gasteiger partial charge in [0.15, 0.2) is 6.29 Å². The van der Waals surface area contributed by atoms with E-state index in [1.807, 2.05) is 13.0 Å². The molecule has 0 spiro atoms. The zero-order valence-corrected chi connectivity index (χ0v) is 11.8. The van der Waals surface area contributed by atoms with E-state index in [2.05, 4.69) is 23.3 Å². The van der Waals surface area contributed by atoms with Gasteiger partial charge in [0.1, 0.15) is 0 Å². The Morgan fingerprint density at radius 1 is 1.28 bits per heavy atom. The fourth-order valence-electron chi connectivity index (χ4n) is 2.82. The largest absolute Gasteiger partial charge is 0.347 e. The molecule has 1 aliphatic heterocycles. The highest BCUT2D eigenvalue weighted by molar-refractivity contribution is 5.77. The summed E-state index contributed by atoms with van der Waals surface area (Å²) in [4.78, 5) is 13.5. The van der Waals surface area contributed by atoms with Crippen LogP contribution in [-0.2, 0) is 6.54 Å². The van der Waals surface area contributed by atoms with Crippen molar-refractivity contribution in [2.24, 2.45) is 5.92 Å². The summed E-state index contributed by atoms with van der Waals surface area (Å²) < 4.78 is 2.27. The minimum Gasteiger partial charge on any atom is -0.347 e. The average Bonchev–Trinajstić information content (AvgIpc) is 2.64. The second-order valence-corrected chi connectivity index (χ2v) is 5.62. The summed E-state index contributed by atoms with van der Waals surface area (Å²) >= 11 is 0. The number of hydrogen-bond acceptors (Lipinski definition) is 2. The smallest absolute Gasteiger partial charge is 0.151 e. The van der Waals surface area contributed by atoms with Gasteiger partial charge in [-0.05, 0) is 51.8 Å². The van der Waals surface area contributed by atoms with E-state index in [0.29, 0.717) is 0 Å². The Kier molecular flexibility index (Phi) is 4.23. The molecule has 0 aromatic carbocycles. The van der Waals surface area contributed by atoms with Crippen LogP contribution in [0.3, 0.4) is 0 Å². The van der Waals surface area contributed by atoms with Gasteiger partial charge < -0.3 is 9.47 Å². The number of likely N-dealkylation sites (tertiary alicyclic amines) is 1. The van der Waals surface area contributed by atoms with Gasteiger partial charge in [0.05, 0.1) is 0 Å². The molecule has 1 fully saturated rings. The van der Waals surface area contributed by atoms with E-state index in [0.717, 1.165) is 36.6 Å². The Hall–Kier alpha value is -1.09. The van der Waals surface area contributed by atoms with Gasteiger partial charge in [0, 0.05) is 30.0 Å². The van der Waals surface area contributed by atoms with Crippen LogP contribution in [0.1, 0.15) is 41.5 Å². The van der Waals surface area contributed by atoms with E-state index in [-0.39, 0.29) is 0 Å². The molecule has 0 atom stereocenters. The van der Waals surface area contributed by atoms with Crippen LogP contribution in [0.2, 0.25) is 0 Å². The molecule has 100 valence electrons. The maximum absolute atomic E-state index is 10.9. The lowest BCUT2D eigenvalue weighted by atomic mass is 9.99. The molecule has 18 heavy (non-hydrogen) atoms. The molecule has 0 bridgehead atoms. The van der Waals surface area contributed by atoms with E-state index in [1.165, 1.54) is 31.6 Å². The number of rotatable bonds is 4. The molecule has 3 nitrogen and oxygen atoms in total. The third-order valence-corrected chi connectivity index (χ3v) is 4.26. The highest BCUT2D eigenvalue weighted by atomic mass is 16.1. The van der Waals surface area contributed by atoms with E-state index < -0.39 is 0 Å². The molecule has 0 radical (unpaired) electrons. The van der Waals surface area contributed by atoms with Crippen LogP contribution in [0, 0.1) is 19.8 Å². The van der Waals surface area contributed by atoms with Crippen molar-refractivity contribution in [3.05, 3.63) is 23.0 Å². The van der Waals surface area contributed by atoms with Crippen LogP contribution >= 0.6 is 0 Å². The Balaban J connectivity index is 1.94. The summed E-state index contributed by atoms with van der Waals surface area (Å²) in [6.07, 6.45) is 3.61. The Labute approximate surface area is 110 Å². The predicted molar refractivity (Wildman–Crippen MR) is 74.1 cm³/mol. The van der Waals surface area contributed by atoms with Crippen LogP contribution < -0.4 is 0 Å². The molecule has 2 rings (SSSR count). The molecule has 3 heteroatoms. The highest BCUT2D eigenvalue weighted by Gasteiger charge is 2.16. The molecule has 2 heterocycles. The predicted octanol–water partition coefficient (Wildman–Crippen LogP) is 2.65. The van der Waals surface area contributed by atoms with Gasteiger partial charge in [-0.15, -0.1) is 0 Å². The highest BCUT2D eigenvalue weighted by Crippen LogP contribution is 2.17. The first-order valence-corrected chi connectivity index (χ1v) is 6.96. The third-order valence-electron chi connectivity index (χ3n) is 4.26. The first kappa shape index (κ1) is 13.3.